The normalized spacial score (nSPS) is 12.7. The molecule has 0 heterocycles. The van der Waals surface area contributed by atoms with E-state index in [2.05, 4.69) is 64.0 Å². The molecule has 18 heavy (non-hydrogen) atoms. The molecular weight excluding hydrogens is 218 g/mol. The van der Waals surface area contributed by atoms with E-state index in [0.29, 0.717) is 6.04 Å². The van der Waals surface area contributed by atoms with Crippen molar-refractivity contribution in [3.05, 3.63) is 48.1 Å². The van der Waals surface area contributed by atoms with Crippen molar-refractivity contribution < 1.29 is 0 Å². The molecule has 1 nitrogen and oxygen atoms in total. The van der Waals surface area contributed by atoms with Gasteiger partial charge in [-0.3, -0.25) is 4.90 Å². The van der Waals surface area contributed by atoms with Crippen LogP contribution in [-0.2, 0) is 0 Å². The highest BCUT2D eigenvalue weighted by Crippen LogP contribution is 2.13. The number of allylic oxidation sites excluding steroid dienone is 4. The van der Waals surface area contributed by atoms with Gasteiger partial charge in [0.05, 0.1) is 0 Å². The highest BCUT2D eigenvalue weighted by atomic mass is 15.1. The van der Waals surface area contributed by atoms with Gasteiger partial charge in [0.15, 0.2) is 0 Å². The average molecular weight is 247 g/mol. The third-order valence-corrected chi connectivity index (χ3v) is 2.93. The standard InChI is InChI=1S/C17H29N/c1-8-10-11-17(14(3)4)12-16(7)13-18(9-2)15(5)6/h10-12,15H,3,7-9,13H2,1-2,4-6H3/b11-10-,17-12+. The Hall–Kier alpha value is -1.08. The van der Waals surface area contributed by atoms with E-state index in [-0.39, 0.29) is 0 Å². The molecule has 0 fully saturated rings. The van der Waals surface area contributed by atoms with Crippen LogP contribution in [0, 0.1) is 0 Å². The predicted molar refractivity (Wildman–Crippen MR) is 83.9 cm³/mol. The van der Waals surface area contributed by atoms with Crippen LogP contribution in [0.15, 0.2) is 48.1 Å². The minimum atomic E-state index is 0.555. The largest absolute Gasteiger partial charge is 0.297 e. The first-order valence-corrected chi connectivity index (χ1v) is 6.88. The number of nitrogens with zero attached hydrogens (tertiary/aromatic N) is 1. The zero-order valence-corrected chi connectivity index (χ0v) is 12.8. The van der Waals surface area contributed by atoms with Gasteiger partial charge in [0.1, 0.15) is 0 Å². The molecule has 0 aliphatic heterocycles. The monoisotopic (exact) mass is 247 g/mol. The topological polar surface area (TPSA) is 3.24 Å². The lowest BCUT2D eigenvalue weighted by Crippen LogP contribution is -2.32. The fourth-order valence-corrected chi connectivity index (χ4v) is 1.74. The van der Waals surface area contributed by atoms with Crippen LogP contribution < -0.4 is 0 Å². The first kappa shape index (κ1) is 16.9. The Morgan fingerprint density at radius 1 is 1.22 bits per heavy atom. The molecule has 0 aliphatic carbocycles. The van der Waals surface area contributed by atoms with E-state index >= 15 is 0 Å². The van der Waals surface area contributed by atoms with Crippen molar-refractivity contribution in [2.75, 3.05) is 13.1 Å². The molecule has 0 aromatic carbocycles. The minimum absolute atomic E-state index is 0.555. The Kier molecular flexibility index (Phi) is 8.40. The van der Waals surface area contributed by atoms with Crippen LogP contribution in [0.5, 0.6) is 0 Å². The van der Waals surface area contributed by atoms with Crippen LogP contribution in [0.25, 0.3) is 0 Å². The van der Waals surface area contributed by atoms with Crippen molar-refractivity contribution in [1.29, 1.82) is 0 Å². The summed E-state index contributed by atoms with van der Waals surface area (Å²) in [6.07, 6.45) is 7.50. The van der Waals surface area contributed by atoms with Crippen LogP contribution in [0.1, 0.15) is 41.0 Å². The van der Waals surface area contributed by atoms with E-state index in [0.717, 1.165) is 30.7 Å². The first-order valence-electron chi connectivity index (χ1n) is 6.88. The molecule has 0 aliphatic rings. The van der Waals surface area contributed by atoms with Crippen LogP contribution in [0.2, 0.25) is 0 Å². The fraction of sp³-hybridized carbons (Fsp3) is 0.529. The second-order valence-electron chi connectivity index (χ2n) is 5.01. The zero-order chi connectivity index (χ0) is 14.1. The lowest BCUT2D eigenvalue weighted by Gasteiger charge is -2.25. The Balaban J connectivity index is 4.75. The summed E-state index contributed by atoms with van der Waals surface area (Å²) in [7, 11) is 0. The van der Waals surface area contributed by atoms with E-state index in [1.54, 1.807) is 0 Å². The molecule has 0 radical (unpaired) electrons. The second-order valence-corrected chi connectivity index (χ2v) is 5.01. The highest BCUT2D eigenvalue weighted by Gasteiger charge is 2.07. The van der Waals surface area contributed by atoms with Crippen molar-refractivity contribution in [1.82, 2.24) is 4.90 Å². The Bertz CT molecular complexity index is 332. The van der Waals surface area contributed by atoms with Gasteiger partial charge < -0.3 is 0 Å². The second kappa shape index (κ2) is 8.93. The summed E-state index contributed by atoms with van der Waals surface area (Å²) >= 11 is 0. The number of rotatable bonds is 8. The van der Waals surface area contributed by atoms with Gasteiger partial charge in [-0.25, -0.2) is 0 Å². The maximum absolute atomic E-state index is 4.16. The summed E-state index contributed by atoms with van der Waals surface area (Å²) in [5, 5.41) is 0. The van der Waals surface area contributed by atoms with Gasteiger partial charge in [0.25, 0.3) is 0 Å². The van der Waals surface area contributed by atoms with Crippen LogP contribution in [-0.4, -0.2) is 24.0 Å². The maximum Gasteiger partial charge on any atom is 0.0230 e. The summed E-state index contributed by atoms with van der Waals surface area (Å²) in [6, 6.07) is 0.555. The molecule has 0 aromatic heterocycles. The summed E-state index contributed by atoms with van der Waals surface area (Å²) in [6.45, 7) is 21.0. The Labute approximate surface area is 114 Å². The van der Waals surface area contributed by atoms with Crippen molar-refractivity contribution in [2.24, 2.45) is 0 Å². The lowest BCUT2D eigenvalue weighted by molar-refractivity contribution is 0.256. The molecule has 0 spiro atoms. The minimum Gasteiger partial charge on any atom is -0.297 e. The molecule has 0 rings (SSSR count). The predicted octanol–water partition coefficient (Wildman–Crippen LogP) is 4.74. The number of hydrogen-bond acceptors (Lipinski definition) is 1. The summed E-state index contributed by atoms with van der Waals surface area (Å²) in [5.74, 6) is 0. The highest BCUT2D eigenvalue weighted by molar-refractivity contribution is 5.41. The first-order chi connectivity index (χ1) is 8.42. The van der Waals surface area contributed by atoms with E-state index in [4.69, 9.17) is 0 Å². The van der Waals surface area contributed by atoms with Crippen molar-refractivity contribution >= 4 is 0 Å². The third kappa shape index (κ3) is 6.61. The van der Waals surface area contributed by atoms with Gasteiger partial charge in [0.2, 0.25) is 0 Å². The summed E-state index contributed by atoms with van der Waals surface area (Å²) in [4.78, 5) is 2.40. The van der Waals surface area contributed by atoms with Gasteiger partial charge in [-0.15, -0.1) is 0 Å². The lowest BCUT2D eigenvalue weighted by atomic mass is 10.0. The molecule has 0 amide bonds. The van der Waals surface area contributed by atoms with Gasteiger partial charge in [0, 0.05) is 12.6 Å². The van der Waals surface area contributed by atoms with Gasteiger partial charge >= 0.3 is 0 Å². The van der Waals surface area contributed by atoms with Gasteiger partial charge in [-0.05, 0) is 44.9 Å². The van der Waals surface area contributed by atoms with Crippen LogP contribution >= 0.6 is 0 Å². The SMILES string of the molecule is C=C(/C=C(\C=C/CC)C(=C)C)CN(CC)C(C)C. The Morgan fingerprint density at radius 2 is 1.83 bits per heavy atom. The van der Waals surface area contributed by atoms with Crippen molar-refractivity contribution in [3.8, 4) is 0 Å². The molecule has 0 aromatic rings. The average Bonchev–Trinajstić information content (AvgIpc) is 2.30. The fourth-order valence-electron chi connectivity index (χ4n) is 1.74. The summed E-state index contributed by atoms with van der Waals surface area (Å²) in [5.41, 5.74) is 3.42. The quantitative estimate of drug-likeness (QED) is 0.560. The maximum atomic E-state index is 4.16. The van der Waals surface area contributed by atoms with Crippen LogP contribution in [0.4, 0.5) is 0 Å². The molecule has 0 saturated heterocycles. The Morgan fingerprint density at radius 3 is 2.22 bits per heavy atom. The third-order valence-electron chi connectivity index (χ3n) is 2.93. The zero-order valence-electron chi connectivity index (χ0n) is 12.8. The molecule has 0 bridgehead atoms. The molecule has 1 heteroatoms. The van der Waals surface area contributed by atoms with Crippen LogP contribution in [0.3, 0.4) is 0 Å². The number of likely N-dealkylation sites (N-methyl/N-ethyl adjacent to an activating group) is 1. The van der Waals surface area contributed by atoms with Crippen molar-refractivity contribution in [3.63, 3.8) is 0 Å². The molecule has 0 saturated carbocycles. The molecule has 102 valence electrons. The van der Waals surface area contributed by atoms with E-state index < -0.39 is 0 Å². The van der Waals surface area contributed by atoms with Gasteiger partial charge in [-0.2, -0.15) is 0 Å². The summed E-state index contributed by atoms with van der Waals surface area (Å²) < 4.78 is 0. The molecule has 0 unspecified atom stereocenters. The van der Waals surface area contributed by atoms with Gasteiger partial charge in [-0.1, -0.05) is 50.8 Å². The molecule has 0 atom stereocenters. The van der Waals surface area contributed by atoms with Crippen molar-refractivity contribution in [2.45, 2.75) is 47.1 Å². The molecule has 0 N–H and O–H groups in total. The smallest absolute Gasteiger partial charge is 0.0230 e. The van der Waals surface area contributed by atoms with E-state index in [1.807, 2.05) is 6.92 Å². The van der Waals surface area contributed by atoms with E-state index in [9.17, 15) is 0 Å². The van der Waals surface area contributed by atoms with E-state index in [1.165, 1.54) is 5.57 Å². The number of hydrogen-bond donors (Lipinski definition) is 0. The molecular formula is C17H29N.